The predicted octanol–water partition coefficient (Wildman–Crippen LogP) is 3.84. The second-order valence-electron chi connectivity index (χ2n) is 6.36. The number of benzene rings is 3. The highest BCUT2D eigenvalue weighted by Gasteiger charge is 2.08. The summed E-state index contributed by atoms with van der Waals surface area (Å²) in [6.45, 7) is 0.220. The summed E-state index contributed by atoms with van der Waals surface area (Å²) in [5, 5.41) is 20.3. The Balaban J connectivity index is 1.78. The number of carboxylic acid groups (broad SMARTS) is 1. The van der Waals surface area contributed by atoms with Gasteiger partial charge in [0.25, 0.3) is 0 Å². The molecule has 6 heteroatoms. The van der Waals surface area contributed by atoms with E-state index >= 15 is 0 Å². The first-order valence-corrected chi connectivity index (χ1v) is 8.99. The topological polar surface area (TPSA) is 82.4 Å². The molecular formula is C24H17FNO4-. The average Bonchev–Trinajstić information content (AvgIpc) is 2.77. The van der Waals surface area contributed by atoms with E-state index in [1.54, 1.807) is 48.5 Å². The van der Waals surface area contributed by atoms with E-state index < -0.39 is 5.97 Å². The van der Waals surface area contributed by atoms with Crippen LogP contribution in [0, 0.1) is 17.1 Å². The zero-order chi connectivity index (χ0) is 21.5. The van der Waals surface area contributed by atoms with Crippen molar-refractivity contribution in [3.63, 3.8) is 0 Å². The lowest BCUT2D eigenvalue weighted by atomic mass is 10.0. The maximum Gasteiger partial charge on any atom is 0.161 e. The number of carbonyl (C=O) groups excluding carboxylic acids is 1. The van der Waals surface area contributed by atoms with Crippen molar-refractivity contribution < 1.29 is 23.8 Å². The van der Waals surface area contributed by atoms with Crippen LogP contribution in [0.4, 0.5) is 4.39 Å². The number of aromatic carboxylic acids is 1. The first-order valence-electron chi connectivity index (χ1n) is 8.99. The van der Waals surface area contributed by atoms with Gasteiger partial charge in [0.15, 0.2) is 11.5 Å². The number of carbonyl (C=O) groups is 1. The number of hydrogen-bond donors (Lipinski definition) is 0. The third-order valence-corrected chi connectivity index (χ3v) is 4.36. The zero-order valence-electron chi connectivity index (χ0n) is 16.1. The van der Waals surface area contributed by atoms with Gasteiger partial charge in [-0.05, 0) is 52.6 Å². The highest BCUT2D eigenvalue weighted by atomic mass is 19.1. The van der Waals surface area contributed by atoms with Crippen molar-refractivity contribution >= 4 is 17.6 Å². The molecule has 0 saturated heterocycles. The van der Waals surface area contributed by atoms with Crippen LogP contribution in [0.15, 0.2) is 66.7 Å². The van der Waals surface area contributed by atoms with Gasteiger partial charge in [0, 0.05) is 0 Å². The van der Waals surface area contributed by atoms with Crippen LogP contribution < -0.4 is 14.6 Å². The van der Waals surface area contributed by atoms with Crippen molar-refractivity contribution in [1.29, 1.82) is 5.26 Å². The molecule has 0 N–H and O–H groups in total. The number of hydrogen-bond acceptors (Lipinski definition) is 5. The summed E-state index contributed by atoms with van der Waals surface area (Å²) in [4.78, 5) is 10.8. The van der Waals surface area contributed by atoms with Gasteiger partial charge < -0.3 is 19.4 Å². The standard InChI is InChI=1S/C24H18FNO4/c1-29-23-13-17(12-20(14-26)18-7-9-21(25)10-8-18)4-11-22(23)30-15-16-2-5-19(6-3-16)24(27)28/h2-13H,15H2,1H3,(H,27,28)/p-1/b20-12+. The van der Waals surface area contributed by atoms with Crippen LogP contribution in [0.25, 0.3) is 11.6 Å². The second kappa shape index (κ2) is 9.39. The zero-order valence-corrected chi connectivity index (χ0v) is 16.1. The number of nitrogens with zero attached hydrogens (tertiary/aromatic N) is 1. The highest BCUT2D eigenvalue weighted by molar-refractivity contribution is 5.89. The fourth-order valence-electron chi connectivity index (χ4n) is 2.77. The quantitative estimate of drug-likeness (QED) is 0.443. The van der Waals surface area contributed by atoms with E-state index in [4.69, 9.17) is 9.47 Å². The van der Waals surface area contributed by atoms with E-state index in [1.165, 1.54) is 31.4 Å². The SMILES string of the molecule is COc1cc(/C=C(\C#N)c2ccc(F)cc2)ccc1OCc1ccc(C(=O)[O-])cc1. The second-order valence-corrected chi connectivity index (χ2v) is 6.36. The van der Waals surface area contributed by atoms with Gasteiger partial charge in [-0.25, -0.2) is 4.39 Å². The Kier molecular flexibility index (Phi) is 6.46. The number of methoxy groups -OCH3 is 1. The Bertz CT molecular complexity index is 1110. The Morgan fingerprint density at radius 1 is 1.03 bits per heavy atom. The van der Waals surface area contributed by atoms with Crippen molar-refractivity contribution in [1.82, 2.24) is 0 Å². The summed E-state index contributed by atoms with van der Waals surface area (Å²) in [7, 11) is 1.51. The molecule has 0 spiro atoms. The fourth-order valence-corrected chi connectivity index (χ4v) is 2.77. The summed E-state index contributed by atoms with van der Waals surface area (Å²) in [5.74, 6) is -0.621. The molecule has 0 aliphatic rings. The molecule has 3 rings (SSSR count). The van der Waals surface area contributed by atoms with Gasteiger partial charge in [0.2, 0.25) is 0 Å². The molecule has 0 radical (unpaired) electrons. The molecule has 30 heavy (non-hydrogen) atoms. The molecule has 0 saturated carbocycles. The Morgan fingerprint density at radius 2 is 1.70 bits per heavy atom. The number of rotatable bonds is 7. The van der Waals surface area contributed by atoms with Gasteiger partial charge in [-0.3, -0.25) is 0 Å². The smallest absolute Gasteiger partial charge is 0.161 e. The molecule has 3 aromatic carbocycles. The van der Waals surface area contributed by atoms with Crippen LogP contribution in [0.2, 0.25) is 0 Å². The molecule has 0 aromatic heterocycles. The van der Waals surface area contributed by atoms with E-state index in [1.807, 2.05) is 0 Å². The Morgan fingerprint density at radius 3 is 2.30 bits per heavy atom. The number of halogens is 1. The lowest BCUT2D eigenvalue weighted by Crippen LogP contribution is -2.22. The number of nitriles is 1. The average molecular weight is 402 g/mol. The highest BCUT2D eigenvalue weighted by Crippen LogP contribution is 2.30. The van der Waals surface area contributed by atoms with Gasteiger partial charge in [-0.1, -0.05) is 42.5 Å². The molecule has 0 unspecified atom stereocenters. The molecule has 0 bridgehead atoms. The minimum atomic E-state index is -1.23. The van der Waals surface area contributed by atoms with Crippen molar-refractivity contribution in [3.05, 3.63) is 94.8 Å². The van der Waals surface area contributed by atoms with Crippen molar-refractivity contribution in [2.45, 2.75) is 6.61 Å². The molecule has 0 amide bonds. The largest absolute Gasteiger partial charge is 0.545 e. The molecule has 0 aliphatic carbocycles. The first kappa shape index (κ1) is 20.6. The number of ether oxygens (including phenoxy) is 2. The maximum atomic E-state index is 13.1. The minimum absolute atomic E-state index is 0.0990. The minimum Gasteiger partial charge on any atom is -0.545 e. The lowest BCUT2D eigenvalue weighted by molar-refractivity contribution is -0.255. The molecular weight excluding hydrogens is 385 g/mol. The van der Waals surface area contributed by atoms with Crippen molar-refractivity contribution in [2.75, 3.05) is 7.11 Å². The van der Waals surface area contributed by atoms with E-state index in [-0.39, 0.29) is 18.0 Å². The normalized spacial score (nSPS) is 10.9. The third-order valence-electron chi connectivity index (χ3n) is 4.36. The molecule has 0 aliphatic heterocycles. The van der Waals surface area contributed by atoms with Gasteiger partial charge in [0.1, 0.15) is 12.4 Å². The van der Waals surface area contributed by atoms with Gasteiger partial charge in [-0.15, -0.1) is 0 Å². The van der Waals surface area contributed by atoms with E-state index in [9.17, 15) is 19.6 Å². The van der Waals surface area contributed by atoms with Gasteiger partial charge in [0.05, 0.1) is 24.7 Å². The van der Waals surface area contributed by atoms with Crippen LogP contribution in [-0.4, -0.2) is 13.1 Å². The molecule has 0 heterocycles. The van der Waals surface area contributed by atoms with Crippen LogP contribution >= 0.6 is 0 Å². The maximum absolute atomic E-state index is 13.1. The van der Waals surface area contributed by atoms with Crippen LogP contribution in [0.3, 0.4) is 0 Å². The summed E-state index contributed by atoms with van der Waals surface area (Å²) in [6, 6.07) is 19.3. The van der Waals surface area contributed by atoms with Crippen LogP contribution in [0.5, 0.6) is 11.5 Å². The summed E-state index contributed by atoms with van der Waals surface area (Å²) < 4.78 is 24.3. The number of carboxylic acids is 1. The Hall–Kier alpha value is -4.11. The van der Waals surface area contributed by atoms with Gasteiger partial charge in [-0.2, -0.15) is 5.26 Å². The van der Waals surface area contributed by atoms with E-state index in [0.29, 0.717) is 22.6 Å². The molecule has 0 fully saturated rings. The first-order chi connectivity index (χ1) is 14.5. The van der Waals surface area contributed by atoms with Crippen LogP contribution in [-0.2, 0) is 6.61 Å². The van der Waals surface area contributed by atoms with Gasteiger partial charge >= 0.3 is 0 Å². The molecule has 5 nitrogen and oxygen atoms in total. The van der Waals surface area contributed by atoms with Crippen LogP contribution in [0.1, 0.15) is 27.0 Å². The third kappa shape index (κ3) is 5.03. The Labute approximate surface area is 173 Å². The molecule has 150 valence electrons. The molecule has 0 atom stereocenters. The summed E-state index contributed by atoms with van der Waals surface area (Å²) in [6.07, 6.45) is 1.68. The molecule has 3 aromatic rings. The van der Waals surface area contributed by atoms with E-state index in [0.717, 1.165) is 11.1 Å². The van der Waals surface area contributed by atoms with E-state index in [2.05, 4.69) is 6.07 Å². The van der Waals surface area contributed by atoms with Crippen molar-refractivity contribution in [3.8, 4) is 17.6 Å². The monoisotopic (exact) mass is 402 g/mol. The summed E-state index contributed by atoms with van der Waals surface area (Å²) in [5.41, 5.74) is 2.60. The summed E-state index contributed by atoms with van der Waals surface area (Å²) >= 11 is 0. The number of allylic oxidation sites excluding steroid dienone is 1. The lowest BCUT2D eigenvalue weighted by Gasteiger charge is -2.12. The predicted molar refractivity (Wildman–Crippen MR) is 108 cm³/mol. The van der Waals surface area contributed by atoms with Crippen molar-refractivity contribution in [2.24, 2.45) is 0 Å². The fraction of sp³-hybridized carbons (Fsp3) is 0.0833.